The van der Waals surface area contributed by atoms with Crippen molar-refractivity contribution in [3.63, 3.8) is 0 Å². The predicted molar refractivity (Wildman–Crippen MR) is 76.9 cm³/mol. The van der Waals surface area contributed by atoms with E-state index in [-0.39, 0.29) is 5.91 Å². The lowest BCUT2D eigenvalue weighted by atomic mass is 10.3. The van der Waals surface area contributed by atoms with E-state index in [1.807, 2.05) is 0 Å². The van der Waals surface area contributed by atoms with Gasteiger partial charge >= 0.3 is 0 Å². The number of nitrogens with one attached hydrogen (secondary N) is 1. The van der Waals surface area contributed by atoms with Crippen LogP contribution in [-0.2, 0) is 6.42 Å². The van der Waals surface area contributed by atoms with E-state index in [4.69, 9.17) is 10.3 Å². The SMILES string of the molecule is Cc1nc(CCNC(=O)c2sc3nnccc3c2N)no1. The Morgan fingerprint density at radius 1 is 1.52 bits per heavy atom. The van der Waals surface area contributed by atoms with Crippen LogP contribution in [-0.4, -0.2) is 32.8 Å². The van der Waals surface area contributed by atoms with Gasteiger partial charge in [0, 0.05) is 25.3 Å². The molecule has 3 aromatic heterocycles. The minimum Gasteiger partial charge on any atom is -0.397 e. The van der Waals surface area contributed by atoms with Crippen molar-refractivity contribution >= 4 is 33.1 Å². The van der Waals surface area contributed by atoms with Gasteiger partial charge in [-0.15, -0.1) is 16.4 Å². The predicted octanol–water partition coefficient (Wildman–Crippen LogP) is 0.937. The summed E-state index contributed by atoms with van der Waals surface area (Å²) in [6, 6.07) is 1.74. The van der Waals surface area contributed by atoms with E-state index in [0.29, 0.717) is 40.1 Å². The zero-order chi connectivity index (χ0) is 14.8. The number of carbonyl (C=O) groups excluding carboxylic acids is 1. The van der Waals surface area contributed by atoms with Crippen molar-refractivity contribution in [2.75, 3.05) is 12.3 Å². The number of carbonyl (C=O) groups is 1. The Bertz CT molecular complexity index is 796. The number of hydrogen-bond acceptors (Lipinski definition) is 8. The van der Waals surface area contributed by atoms with E-state index in [0.717, 1.165) is 5.39 Å². The molecule has 0 fully saturated rings. The summed E-state index contributed by atoms with van der Waals surface area (Å²) in [5.41, 5.74) is 6.40. The summed E-state index contributed by atoms with van der Waals surface area (Å²) in [4.78, 5) is 17.3. The molecule has 0 saturated heterocycles. The monoisotopic (exact) mass is 304 g/mol. The molecule has 3 heterocycles. The van der Waals surface area contributed by atoms with Gasteiger partial charge in [-0.05, 0) is 6.07 Å². The number of aromatic nitrogens is 4. The Balaban J connectivity index is 1.68. The third-order valence-corrected chi connectivity index (χ3v) is 3.93. The van der Waals surface area contributed by atoms with Crippen LogP contribution < -0.4 is 11.1 Å². The van der Waals surface area contributed by atoms with E-state index in [9.17, 15) is 4.79 Å². The molecular weight excluding hydrogens is 292 g/mol. The van der Waals surface area contributed by atoms with Gasteiger partial charge in [-0.2, -0.15) is 10.1 Å². The molecular formula is C12H12N6O2S. The molecule has 108 valence electrons. The van der Waals surface area contributed by atoms with Gasteiger partial charge in [-0.25, -0.2) is 0 Å². The Hall–Kier alpha value is -2.55. The van der Waals surface area contributed by atoms with Crippen LogP contribution in [0.25, 0.3) is 10.2 Å². The van der Waals surface area contributed by atoms with Crippen molar-refractivity contribution < 1.29 is 9.32 Å². The number of aryl methyl sites for hydroxylation is 1. The normalized spacial score (nSPS) is 10.9. The largest absolute Gasteiger partial charge is 0.397 e. The van der Waals surface area contributed by atoms with Gasteiger partial charge in [0.1, 0.15) is 9.71 Å². The van der Waals surface area contributed by atoms with Gasteiger partial charge in [0.25, 0.3) is 5.91 Å². The molecule has 0 unspecified atom stereocenters. The van der Waals surface area contributed by atoms with Crippen molar-refractivity contribution in [1.29, 1.82) is 0 Å². The van der Waals surface area contributed by atoms with Crippen molar-refractivity contribution in [1.82, 2.24) is 25.7 Å². The van der Waals surface area contributed by atoms with Gasteiger partial charge in [-0.1, -0.05) is 5.16 Å². The van der Waals surface area contributed by atoms with E-state index in [2.05, 4.69) is 25.7 Å². The molecule has 0 aliphatic carbocycles. The molecule has 0 spiro atoms. The fourth-order valence-corrected chi connectivity index (χ4v) is 2.81. The van der Waals surface area contributed by atoms with Crippen LogP contribution in [0.5, 0.6) is 0 Å². The lowest BCUT2D eigenvalue weighted by Crippen LogP contribution is -2.25. The summed E-state index contributed by atoms with van der Waals surface area (Å²) in [7, 11) is 0. The first-order chi connectivity index (χ1) is 10.1. The summed E-state index contributed by atoms with van der Waals surface area (Å²) < 4.78 is 4.86. The average Bonchev–Trinajstić information content (AvgIpc) is 3.03. The van der Waals surface area contributed by atoms with Crippen molar-refractivity contribution in [2.45, 2.75) is 13.3 Å². The quantitative estimate of drug-likeness (QED) is 0.735. The van der Waals surface area contributed by atoms with E-state index in [1.165, 1.54) is 11.3 Å². The molecule has 3 aromatic rings. The van der Waals surface area contributed by atoms with E-state index >= 15 is 0 Å². The number of anilines is 1. The smallest absolute Gasteiger partial charge is 0.263 e. The summed E-state index contributed by atoms with van der Waals surface area (Å²) in [5.74, 6) is 0.822. The fourth-order valence-electron chi connectivity index (χ4n) is 1.85. The van der Waals surface area contributed by atoms with Crippen LogP contribution in [0.4, 0.5) is 5.69 Å². The standard InChI is InChI=1S/C12H12N6O2S/c1-6-16-8(18-20-6)3-4-14-11(19)10-9(13)7-2-5-15-17-12(7)21-10/h2,5H,3-4,13H2,1H3,(H,14,19). The number of thiophene rings is 1. The molecule has 0 aliphatic heterocycles. The molecule has 0 radical (unpaired) electrons. The van der Waals surface area contributed by atoms with E-state index in [1.54, 1.807) is 19.2 Å². The van der Waals surface area contributed by atoms with Gasteiger partial charge in [0.05, 0.1) is 11.9 Å². The minimum absolute atomic E-state index is 0.240. The first kappa shape index (κ1) is 13.4. The number of nitrogen functional groups attached to an aromatic ring is 1. The first-order valence-electron chi connectivity index (χ1n) is 6.22. The number of fused-ring (bicyclic) bond motifs is 1. The van der Waals surface area contributed by atoms with Gasteiger partial charge in [0.2, 0.25) is 5.89 Å². The van der Waals surface area contributed by atoms with E-state index < -0.39 is 0 Å². The van der Waals surface area contributed by atoms with Crippen LogP contribution in [0.3, 0.4) is 0 Å². The highest BCUT2D eigenvalue weighted by Crippen LogP contribution is 2.31. The molecule has 21 heavy (non-hydrogen) atoms. The topological polar surface area (TPSA) is 120 Å². The number of rotatable bonds is 4. The maximum atomic E-state index is 12.1. The van der Waals surface area contributed by atoms with Crippen LogP contribution in [0.15, 0.2) is 16.8 Å². The number of amides is 1. The number of hydrogen-bond donors (Lipinski definition) is 2. The Morgan fingerprint density at radius 2 is 2.38 bits per heavy atom. The zero-order valence-corrected chi connectivity index (χ0v) is 12.0. The summed E-state index contributed by atoms with van der Waals surface area (Å²) >= 11 is 1.22. The molecule has 3 rings (SSSR count). The molecule has 0 bridgehead atoms. The van der Waals surface area contributed by atoms with Crippen molar-refractivity contribution in [2.24, 2.45) is 0 Å². The van der Waals surface area contributed by atoms with Crippen LogP contribution in [0, 0.1) is 6.92 Å². The molecule has 0 aliphatic rings. The second-order valence-corrected chi connectivity index (χ2v) is 5.33. The lowest BCUT2D eigenvalue weighted by molar-refractivity contribution is 0.0959. The van der Waals surface area contributed by atoms with Crippen LogP contribution in [0.1, 0.15) is 21.4 Å². The highest BCUT2D eigenvalue weighted by Gasteiger charge is 2.17. The Labute approximate surface area is 123 Å². The third kappa shape index (κ3) is 2.68. The zero-order valence-electron chi connectivity index (χ0n) is 11.2. The average molecular weight is 304 g/mol. The van der Waals surface area contributed by atoms with Crippen molar-refractivity contribution in [3.05, 3.63) is 28.9 Å². The van der Waals surface area contributed by atoms with Crippen molar-refractivity contribution in [3.8, 4) is 0 Å². The first-order valence-corrected chi connectivity index (χ1v) is 7.04. The Morgan fingerprint density at radius 3 is 3.10 bits per heavy atom. The van der Waals surface area contributed by atoms with Gasteiger partial charge in [0.15, 0.2) is 5.82 Å². The second-order valence-electron chi connectivity index (χ2n) is 4.33. The maximum Gasteiger partial charge on any atom is 0.263 e. The highest BCUT2D eigenvalue weighted by atomic mass is 32.1. The van der Waals surface area contributed by atoms with Crippen LogP contribution >= 0.6 is 11.3 Å². The van der Waals surface area contributed by atoms with Gasteiger partial charge < -0.3 is 15.6 Å². The van der Waals surface area contributed by atoms with Gasteiger partial charge in [-0.3, -0.25) is 4.79 Å². The number of nitrogens with zero attached hydrogens (tertiary/aromatic N) is 4. The van der Waals surface area contributed by atoms with Crippen LogP contribution in [0.2, 0.25) is 0 Å². The maximum absolute atomic E-state index is 12.1. The minimum atomic E-state index is -0.240. The fraction of sp³-hybridized carbons (Fsp3) is 0.250. The molecule has 9 heteroatoms. The molecule has 0 saturated carbocycles. The number of nitrogens with two attached hydrogens (primary N) is 1. The lowest BCUT2D eigenvalue weighted by Gasteiger charge is -2.02. The molecule has 3 N–H and O–H groups in total. The third-order valence-electron chi connectivity index (χ3n) is 2.83. The molecule has 0 aromatic carbocycles. The summed E-state index contributed by atoms with van der Waals surface area (Å²) in [6.07, 6.45) is 2.04. The summed E-state index contributed by atoms with van der Waals surface area (Å²) in [6.45, 7) is 2.12. The Kier molecular flexibility index (Phi) is 3.48. The molecule has 1 amide bonds. The molecule has 8 nitrogen and oxygen atoms in total. The molecule has 0 atom stereocenters. The summed E-state index contributed by atoms with van der Waals surface area (Å²) in [5, 5.41) is 15.0. The highest BCUT2D eigenvalue weighted by molar-refractivity contribution is 7.21. The second kappa shape index (κ2) is 5.44.